The lowest BCUT2D eigenvalue weighted by molar-refractivity contribution is 0.0845. The van der Waals surface area contributed by atoms with Crippen LogP contribution in [0.5, 0.6) is 0 Å². The zero-order valence-corrected chi connectivity index (χ0v) is 15.6. The Kier molecular flexibility index (Phi) is 9.74. The van der Waals surface area contributed by atoms with Crippen LogP contribution in [0.15, 0.2) is 4.99 Å². The molecule has 0 saturated heterocycles. The van der Waals surface area contributed by atoms with Gasteiger partial charge in [-0.05, 0) is 32.9 Å². The largest absolute Gasteiger partial charge is 0.383 e. The van der Waals surface area contributed by atoms with Crippen LogP contribution in [0.4, 0.5) is 0 Å². The Morgan fingerprint density at radius 2 is 2.20 bits per heavy atom. The molecule has 5 nitrogen and oxygen atoms in total. The highest BCUT2D eigenvalue weighted by atomic mass is 127. The first-order chi connectivity index (χ1) is 9.00. The van der Waals surface area contributed by atoms with Crippen LogP contribution in [0.25, 0.3) is 0 Å². The number of methoxy groups -OCH3 is 1. The van der Waals surface area contributed by atoms with Crippen molar-refractivity contribution in [2.24, 2.45) is 16.6 Å². The molecule has 1 saturated carbocycles. The summed E-state index contributed by atoms with van der Waals surface area (Å²) in [5.41, 5.74) is 6.06. The highest BCUT2D eigenvalue weighted by Gasteiger charge is 2.36. The fourth-order valence-electron chi connectivity index (χ4n) is 2.89. The van der Waals surface area contributed by atoms with Gasteiger partial charge in [-0.15, -0.1) is 24.0 Å². The molecule has 0 aromatic heterocycles. The topological polar surface area (TPSA) is 62.9 Å². The number of guanidine groups is 1. The molecule has 0 spiro atoms. The van der Waals surface area contributed by atoms with E-state index in [-0.39, 0.29) is 29.5 Å². The van der Waals surface area contributed by atoms with E-state index in [0.29, 0.717) is 19.1 Å². The molecule has 0 amide bonds. The summed E-state index contributed by atoms with van der Waals surface area (Å²) in [7, 11) is 5.99. The second-order valence-corrected chi connectivity index (χ2v) is 5.94. The normalized spacial score (nSPS) is 27.2. The minimum Gasteiger partial charge on any atom is -0.383 e. The molecule has 2 atom stereocenters. The van der Waals surface area contributed by atoms with Crippen molar-refractivity contribution < 1.29 is 4.74 Å². The van der Waals surface area contributed by atoms with Gasteiger partial charge in [-0.25, -0.2) is 0 Å². The Labute approximate surface area is 140 Å². The van der Waals surface area contributed by atoms with E-state index in [1.165, 1.54) is 25.7 Å². The van der Waals surface area contributed by atoms with Crippen LogP contribution in [0.1, 0.15) is 32.6 Å². The average molecular weight is 398 g/mol. The first kappa shape index (κ1) is 19.9. The summed E-state index contributed by atoms with van der Waals surface area (Å²) >= 11 is 0. The third kappa shape index (κ3) is 6.13. The maximum absolute atomic E-state index is 5.89. The maximum atomic E-state index is 5.89. The lowest BCUT2D eigenvalue weighted by atomic mass is 9.75. The second kappa shape index (κ2) is 9.78. The summed E-state index contributed by atoms with van der Waals surface area (Å²) in [6.07, 6.45) is 5.03. The highest BCUT2D eigenvalue weighted by molar-refractivity contribution is 14.0. The minimum atomic E-state index is 0. The quantitative estimate of drug-likeness (QED) is 0.309. The average Bonchev–Trinajstić information content (AvgIpc) is 2.36. The van der Waals surface area contributed by atoms with Gasteiger partial charge in [0, 0.05) is 19.2 Å². The van der Waals surface area contributed by atoms with Crippen LogP contribution in [0.3, 0.4) is 0 Å². The summed E-state index contributed by atoms with van der Waals surface area (Å²) in [6, 6.07) is 0. The Hall–Kier alpha value is -0.0800. The second-order valence-electron chi connectivity index (χ2n) is 5.94. The van der Waals surface area contributed by atoms with Gasteiger partial charge in [-0.3, -0.25) is 4.99 Å². The molecule has 20 heavy (non-hydrogen) atoms. The van der Waals surface area contributed by atoms with Crippen molar-refractivity contribution in [1.29, 1.82) is 0 Å². The van der Waals surface area contributed by atoms with E-state index in [4.69, 9.17) is 10.5 Å². The summed E-state index contributed by atoms with van der Waals surface area (Å²) < 4.78 is 4.98. The number of nitrogens with two attached hydrogens (primary N) is 1. The molecule has 0 bridgehead atoms. The van der Waals surface area contributed by atoms with Crippen molar-refractivity contribution in [3.63, 3.8) is 0 Å². The van der Waals surface area contributed by atoms with E-state index in [1.807, 2.05) is 0 Å². The van der Waals surface area contributed by atoms with Gasteiger partial charge in [0.05, 0.1) is 13.2 Å². The van der Waals surface area contributed by atoms with Crippen molar-refractivity contribution in [3.8, 4) is 0 Å². The molecule has 0 aromatic carbocycles. The van der Waals surface area contributed by atoms with Gasteiger partial charge in [0.1, 0.15) is 0 Å². The number of nitrogens with one attached hydrogen (secondary N) is 1. The third-order valence-corrected chi connectivity index (χ3v) is 4.17. The predicted octanol–water partition coefficient (Wildman–Crippen LogP) is 1.67. The molecule has 1 aliphatic rings. The number of likely N-dealkylation sites (N-methyl/N-ethyl adjacent to an activating group) is 1. The van der Waals surface area contributed by atoms with Crippen molar-refractivity contribution in [2.75, 3.05) is 40.9 Å². The molecule has 0 aromatic rings. The summed E-state index contributed by atoms with van der Waals surface area (Å²) in [4.78, 5) is 6.86. The van der Waals surface area contributed by atoms with Crippen LogP contribution >= 0.6 is 24.0 Å². The summed E-state index contributed by atoms with van der Waals surface area (Å²) in [5, 5.41) is 3.07. The Morgan fingerprint density at radius 1 is 1.50 bits per heavy atom. The standard InChI is InChI=1S/C14H30N4O.HI/c1-12-6-5-7-14(10-12,18(2)3)11-17-13(15)16-8-9-19-4;/h12H,5-11H2,1-4H3,(H3,15,16,17);1H. The van der Waals surface area contributed by atoms with E-state index in [0.717, 1.165) is 12.5 Å². The number of rotatable bonds is 6. The van der Waals surface area contributed by atoms with Gasteiger partial charge in [-0.1, -0.05) is 19.8 Å². The van der Waals surface area contributed by atoms with Crippen molar-refractivity contribution >= 4 is 29.9 Å². The molecular weight excluding hydrogens is 367 g/mol. The first-order valence-electron chi connectivity index (χ1n) is 7.20. The fraction of sp³-hybridized carbons (Fsp3) is 0.929. The lowest BCUT2D eigenvalue weighted by Gasteiger charge is -2.44. The predicted molar refractivity (Wildman–Crippen MR) is 95.8 cm³/mol. The van der Waals surface area contributed by atoms with Gasteiger partial charge in [0.2, 0.25) is 0 Å². The molecule has 2 unspecified atom stereocenters. The number of hydrogen-bond acceptors (Lipinski definition) is 3. The summed E-state index contributed by atoms with van der Waals surface area (Å²) in [6.45, 7) is 4.46. The highest BCUT2D eigenvalue weighted by Crippen LogP contribution is 2.35. The van der Waals surface area contributed by atoms with Crippen LogP contribution in [0, 0.1) is 5.92 Å². The lowest BCUT2D eigenvalue weighted by Crippen LogP contribution is -2.50. The molecule has 1 fully saturated rings. The molecule has 0 heterocycles. The monoisotopic (exact) mass is 398 g/mol. The van der Waals surface area contributed by atoms with Gasteiger partial charge in [-0.2, -0.15) is 0 Å². The molecular formula is C14H31IN4O. The summed E-state index contributed by atoms with van der Waals surface area (Å²) in [5.74, 6) is 1.30. The van der Waals surface area contributed by atoms with Crippen LogP contribution in [0.2, 0.25) is 0 Å². The van der Waals surface area contributed by atoms with Gasteiger partial charge in [0.25, 0.3) is 0 Å². The SMILES string of the molecule is COCCNC(N)=NCC1(N(C)C)CCCC(C)C1.I. The molecule has 1 rings (SSSR count). The van der Waals surface area contributed by atoms with E-state index < -0.39 is 0 Å². The smallest absolute Gasteiger partial charge is 0.188 e. The molecule has 1 aliphatic carbocycles. The molecule has 0 aliphatic heterocycles. The van der Waals surface area contributed by atoms with Crippen LogP contribution in [-0.2, 0) is 4.74 Å². The van der Waals surface area contributed by atoms with E-state index in [9.17, 15) is 0 Å². The third-order valence-electron chi connectivity index (χ3n) is 4.17. The van der Waals surface area contributed by atoms with Crippen LogP contribution in [-0.4, -0.2) is 57.3 Å². The Morgan fingerprint density at radius 3 is 2.75 bits per heavy atom. The fourth-order valence-corrected chi connectivity index (χ4v) is 2.89. The zero-order valence-electron chi connectivity index (χ0n) is 13.3. The van der Waals surface area contributed by atoms with Crippen LogP contribution < -0.4 is 11.1 Å². The Balaban J connectivity index is 0.00000361. The van der Waals surface area contributed by atoms with Crippen molar-refractivity contribution in [1.82, 2.24) is 10.2 Å². The van der Waals surface area contributed by atoms with E-state index >= 15 is 0 Å². The molecule has 120 valence electrons. The van der Waals surface area contributed by atoms with Gasteiger partial charge >= 0.3 is 0 Å². The molecule has 0 radical (unpaired) electrons. The van der Waals surface area contributed by atoms with E-state index in [2.05, 4.69) is 36.2 Å². The van der Waals surface area contributed by atoms with Gasteiger partial charge in [0.15, 0.2) is 5.96 Å². The van der Waals surface area contributed by atoms with Crippen molar-refractivity contribution in [2.45, 2.75) is 38.1 Å². The number of ether oxygens (including phenoxy) is 1. The minimum absolute atomic E-state index is 0. The zero-order chi connectivity index (χ0) is 14.3. The molecule has 6 heteroatoms. The maximum Gasteiger partial charge on any atom is 0.188 e. The van der Waals surface area contributed by atoms with Crippen molar-refractivity contribution in [3.05, 3.63) is 0 Å². The van der Waals surface area contributed by atoms with E-state index in [1.54, 1.807) is 7.11 Å². The number of aliphatic imine (C=N–C) groups is 1. The molecule has 3 N–H and O–H groups in total. The first-order valence-corrected chi connectivity index (χ1v) is 7.20. The van der Waals surface area contributed by atoms with Gasteiger partial charge < -0.3 is 20.7 Å². The number of halogens is 1. The Bertz CT molecular complexity index is 299. The number of nitrogens with zero attached hydrogens (tertiary/aromatic N) is 2. The number of hydrogen-bond donors (Lipinski definition) is 2.